The third-order valence-electron chi connectivity index (χ3n) is 2.83. The highest BCUT2D eigenvalue weighted by Crippen LogP contribution is 2.16. The minimum Gasteiger partial charge on any atom is -0.491 e. The lowest BCUT2D eigenvalue weighted by atomic mass is 10.1. The van der Waals surface area contributed by atoms with Crippen molar-refractivity contribution < 1.29 is 24.2 Å². The number of ether oxygens (including phenoxy) is 2. The zero-order valence-electron chi connectivity index (χ0n) is 12.5. The highest BCUT2D eigenvalue weighted by molar-refractivity contribution is 5.96. The fourth-order valence-electron chi connectivity index (χ4n) is 1.76. The molecule has 0 spiro atoms. The molecule has 0 aliphatic carbocycles. The molecule has 0 unspecified atom stereocenters. The molecule has 0 saturated carbocycles. The molecular formula is C15H21NO5. The Morgan fingerprint density at radius 1 is 1.29 bits per heavy atom. The van der Waals surface area contributed by atoms with Gasteiger partial charge in [0.25, 0.3) is 5.91 Å². The number of benzene rings is 1. The summed E-state index contributed by atoms with van der Waals surface area (Å²) in [6.45, 7) is 4.07. The second-order valence-electron chi connectivity index (χ2n) is 4.79. The van der Waals surface area contributed by atoms with Crippen LogP contribution in [0.1, 0.15) is 24.2 Å². The van der Waals surface area contributed by atoms with Crippen LogP contribution >= 0.6 is 0 Å². The summed E-state index contributed by atoms with van der Waals surface area (Å²) in [7, 11) is 1.58. The van der Waals surface area contributed by atoms with Gasteiger partial charge in [0.2, 0.25) is 0 Å². The maximum absolute atomic E-state index is 12.4. The number of hydrogen-bond donors (Lipinski definition) is 1. The molecule has 0 aliphatic rings. The van der Waals surface area contributed by atoms with Crippen LogP contribution in [0.3, 0.4) is 0 Å². The normalized spacial score (nSPS) is 10.5. The van der Waals surface area contributed by atoms with E-state index in [2.05, 4.69) is 0 Å². The summed E-state index contributed by atoms with van der Waals surface area (Å²) in [6, 6.07) is 6.49. The highest BCUT2D eigenvalue weighted by atomic mass is 16.5. The average Bonchev–Trinajstić information content (AvgIpc) is 2.44. The van der Waals surface area contributed by atoms with Gasteiger partial charge < -0.3 is 19.5 Å². The molecule has 6 nitrogen and oxygen atoms in total. The molecule has 0 aliphatic heterocycles. The van der Waals surface area contributed by atoms with Crippen LogP contribution in [0, 0.1) is 0 Å². The average molecular weight is 295 g/mol. The summed E-state index contributed by atoms with van der Waals surface area (Å²) >= 11 is 0. The van der Waals surface area contributed by atoms with Gasteiger partial charge in [-0.3, -0.25) is 9.59 Å². The summed E-state index contributed by atoms with van der Waals surface area (Å²) in [5.41, 5.74) is 0.403. The van der Waals surface area contributed by atoms with E-state index in [1.165, 1.54) is 4.90 Å². The van der Waals surface area contributed by atoms with Gasteiger partial charge >= 0.3 is 5.97 Å². The Hall–Kier alpha value is -2.08. The molecular weight excluding hydrogens is 274 g/mol. The van der Waals surface area contributed by atoms with Gasteiger partial charge in [-0.05, 0) is 32.0 Å². The van der Waals surface area contributed by atoms with E-state index >= 15 is 0 Å². The van der Waals surface area contributed by atoms with E-state index in [4.69, 9.17) is 14.6 Å². The second kappa shape index (κ2) is 8.26. The van der Waals surface area contributed by atoms with E-state index in [9.17, 15) is 9.59 Å². The number of methoxy groups -OCH3 is 1. The molecule has 1 rings (SSSR count). The fraction of sp³-hybridized carbons (Fsp3) is 0.467. The van der Waals surface area contributed by atoms with Gasteiger partial charge in [-0.15, -0.1) is 0 Å². The largest absolute Gasteiger partial charge is 0.491 e. The van der Waals surface area contributed by atoms with Gasteiger partial charge in [0.1, 0.15) is 18.9 Å². The Bertz CT molecular complexity index is 487. The first-order valence-corrected chi connectivity index (χ1v) is 6.70. The first-order valence-electron chi connectivity index (χ1n) is 6.70. The van der Waals surface area contributed by atoms with Gasteiger partial charge in [0.15, 0.2) is 0 Å². The van der Waals surface area contributed by atoms with Crippen molar-refractivity contribution in [2.24, 2.45) is 0 Å². The maximum Gasteiger partial charge on any atom is 0.323 e. The molecule has 1 amide bonds. The molecule has 1 N–H and O–H groups in total. The van der Waals surface area contributed by atoms with Crippen LogP contribution in [0.2, 0.25) is 0 Å². The van der Waals surface area contributed by atoms with Gasteiger partial charge in [0, 0.05) is 18.7 Å². The lowest BCUT2D eigenvalue weighted by molar-refractivity contribution is -0.138. The van der Waals surface area contributed by atoms with Gasteiger partial charge in [-0.2, -0.15) is 0 Å². The maximum atomic E-state index is 12.4. The number of carboxylic acids is 1. The monoisotopic (exact) mass is 295 g/mol. The number of amides is 1. The summed E-state index contributed by atoms with van der Waals surface area (Å²) in [4.78, 5) is 24.5. The number of nitrogens with zero attached hydrogens (tertiary/aromatic N) is 1. The van der Waals surface area contributed by atoms with Crippen molar-refractivity contribution in [3.8, 4) is 5.75 Å². The van der Waals surface area contributed by atoms with Crippen molar-refractivity contribution >= 4 is 11.9 Å². The van der Waals surface area contributed by atoms with Crippen molar-refractivity contribution in [1.82, 2.24) is 4.90 Å². The molecule has 0 heterocycles. The van der Waals surface area contributed by atoms with Crippen LogP contribution in [0.4, 0.5) is 0 Å². The van der Waals surface area contributed by atoms with E-state index in [-0.39, 0.29) is 18.5 Å². The number of carbonyl (C=O) groups excluding carboxylic acids is 1. The van der Waals surface area contributed by atoms with E-state index in [1.807, 2.05) is 0 Å². The quantitative estimate of drug-likeness (QED) is 0.738. The highest BCUT2D eigenvalue weighted by Gasteiger charge is 2.21. The first-order chi connectivity index (χ1) is 9.95. The molecule has 6 heteroatoms. The topological polar surface area (TPSA) is 76.1 Å². The van der Waals surface area contributed by atoms with Gasteiger partial charge in [-0.25, -0.2) is 0 Å². The Morgan fingerprint density at radius 2 is 2.00 bits per heavy atom. The number of carboxylic acid groups (broad SMARTS) is 1. The fourth-order valence-corrected chi connectivity index (χ4v) is 1.76. The minimum absolute atomic E-state index is 0.202. The molecule has 0 atom stereocenters. The lowest BCUT2D eigenvalue weighted by Crippen LogP contribution is -2.40. The van der Waals surface area contributed by atoms with E-state index < -0.39 is 5.97 Å². The number of hydrogen-bond acceptors (Lipinski definition) is 4. The molecule has 0 fully saturated rings. The van der Waals surface area contributed by atoms with Crippen LogP contribution in [0.5, 0.6) is 5.75 Å². The van der Waals surface area contributed by atoms with Crippen molar-refractivity contribution in [2.75, 3.05) is 26.9 Å². The van der Waals surface area contributed by atoms with Crippen LogP contribution in [-0.4, -0.2) is 54.8 Å². The Balaban J connectivity index is 2.84. The van der Waals surface area contributed by atoms with Crippen molar-refractivity contribution in [2.45, 2.75) is 19.9 Å². The smallest absolute Gasteiger partial charge is 0.323 e. The zero-order chi connectivity index (χ0) is 15.8. The zero-order valence-corrected chi connectivity index (χ0v) is 12.5. The number of rotatable bonds is 8. The van der Waals surface area contributed by atoms with Crippen LogP contribution in [0.25, 0.3) is 0 Å². The molecule has 0 aromatic heterocycles. The summed E-state index contributed by atoms with van der Waals surface area (Å²) < 4.78 is 10.3. The molecule has 0 bridgehead atoms. The molecule has 1 aromatic rings. The number of carbonyl (C=O) groups is 2. The van der Waals surface area contributed by atoms with Crippen molar-refractivity contribution in [3.05, 3.63) is 29.8 Å². The molecule has 0 radical (unpaired) electrons. The predicted molar refractivity (Wildman–Crippen MR) is 77.6 cm³/mol. The number of aliphatic carboxylic acids is 1. The standard InChI is InChI=1S/C15H21NO5/c1-11(2)16(10-14(17)18)15(19)12-5-4-6-13(9-12)21-8-7-20-3/h4-6,9,11H,7-8,10H2,1-3H3,(H,17,18). The van der Waals surface area contributed by atoms with E-state index in [0.717, 1.165) is 0 Å². The lowest BCUT2D eigenvalue weighted by Gasteiger charge is -2.25. The summed E-state index contributed by atoms with van der Waals surface area (Å²) in [5.74, 6) is -0.814. The first kappa shape index (κ1) is 17.0. The third kappa shape index (κ3) is 5.43. The molecule has 21 heavy (non-hydrogen) atoms. The summed E-state index contributed by atoms with van der Waals surface area (Å²) in [5, 5.41) is 8.89. The Labute approximate surface area is 124 Å². The van der Waals surface area contributed by atoms with Crippen LogP contribution in [0.15, 0.2) is 24.3 Å². The SMILES string of the molecule is COCCOc1cccc(C(=O)N(CC(=O)O)C(C)C)c1. The minimum atomic E-state index is -1.04. The van der Waals surface area contributed by atoms with E-state index in [1.54, 1.807) is 45.2 Å². The Morgan fingerprint density at radius 3 is 2.57 bits per heavy atom. The molecule has 0 saturated heterocycles. The van der Waals surface area contributed by atoms with E-state index in [0.29, 0.717) is 24.5 Å². The third-order valence-corrected chi connectivity index (χ3v) is 2.83. The van der Waals surface area contributed by atoms with Crippen LogP contribution in [-0.2, 0) is 9.53 Å². The summed E-state index contributed by atoms with van der Waals surface area (Å²) in [6.07, 6.45) is 0. The Kier molecular flexibility index (Phi) is 6.68. The van der Waals surface area contributed by atoms with Gasteiger partial charge in [0.05, 0.1) is 6.61 Å². The van der Waals surface area contributed by atoms with Crippen molar-refractivity contribution in [3.63, 3.8) is 0 Å². The second-order valence-corrected chi connectivity index (χ2v) is 4.79. The molecule has 116 valence electrons. The predicted octanol–water partition coefficient (Wildman–Crippen LogP) is 1.65. The van der Waals surface area contributed by atoms with Crippen LogP contribution < -0.4 is 4.74 Å². The van der Waals surface area contributed by atoms with Crippen molar-refractivity contribution in [1.29, 1.82) is 0 Å². The van der Waals surface area contributed by atoms with Gasteiger partial charge in [-0.1, -0.05) is 6.07 Å². The molecule has 1 aromatic carbocycles.